The molecule has 90 valence electrons. The van der Waals surface area contributed by atoms with Crippen molar-refractivity contribution >= 4 is 5.97 Å². The van der Waals surface area contributed by atoms with E-state index in [0.717, 1.165) is 19.4 Å². The number of carbonyl (C=O) groups is 1. The molecule has 3 aliphatic rings. The molecule has 3 atom stereocenters. The second-order valence-corrected chi connectivity index (χ2v) is 4.80. The fourth-order valence-corrected chi connectivity index (χ4v) is 3.14. The molecule has 2 saturated heterocycles. The summed E-state index contributed by atoms with van der Waals surface area (Å²) in [4.78, 5) is 13.8. The van der Waals surface area contributed by atoms with Gasteiger partial charge in [-0.15, -0.1) is 0 Å². The summed E-state index contributed by atoms with van der Waals surface area (Å²) >= 11 is 0. The highest BCUT2D eigenvalue weighted by molar-refractivity contribution is 5.90. The highest BCUT2D eigenvalue weighted by Gasteiger charge is 2.56. The first-order chi connectivity index (χ1) is 8.20. The Morgan fingerprint density at radius 3 is 3.29 bits per heavy atom. The summed E-state index contributed by atoms with van der Waals surface area (Å²) in [6.07, 6.45) is 4.08. The first kappa shape index (κ1) is 10.6. The second kappa shape index (κ2) is 3.47. The van der Waals surface area contributed by atoms with Crippen LogP contribution in [0.3, 0.4) is 0 Å². The van der Waals surface area contributed by atoms with E-state index in [1.807, 2.05) is 6.20 Å². The van der Waals surface area contributed by atoms with Crippen LogP contribution >= 0.6 is 0 Å². The minimum absolute atomic E-state index is 0.247. The lowest BCUT2D eigenvalue weighted by Crippen LogP contribution is -2.44. The third kappa shape index (κ3) is 1.31. The molecule has 5 heteroatoms. The molecule has 0 radical (unpaired) electrons. The molecule has 17 heavy (non-hydrogen) atoms. The summed E-state index contributed by atoms with van der Waals surface area (Å²) in [5.41, 5.74) is 0.150. The Kier molecular flexibility index (Phi) is 2.17. The summed E-state index contributed by atoms with van der Waals surface area (Å²) in [6, 6.07) is 2.25. The number of hydrogen-bond acceptors (Lipinski definition) is 5. The van der Waals surface area contributed by atoms with Gasteiger partial charge in [0.25, 0.3) is 0 Å². The monoisotopic (exact) mass is 234 g/mol. The van der Waals surface area contributed by atoms with Gasteiger partial charge in [0.05, 0.1) is 24.7 Å². The highest BCUT2D eigenvalue weighted by Crippen LogP contribution is 2.49. The third-order valence-corrected chi connectivity index (χ3v) is 3.93. The maximum atomic E-state index is 11.7. The van der Waals surface area contributed by atoms with Crippen molar-refractivity contribution in [1.82, 2.24) is 4.90 Å². The van der Waals surface area contributed by atoms with Crippen LogP contribution in [0, 0.1) is 17.2 Å². The van der Waals surface area contributed by atoms with Crippen LogP contribution in [-0.2, 0) is 14.3 Å². The van der Waals surface area contributed by atoms with E-state index in [1.54, 1.807) is 0 Å². The summed E-state index contributed by atoms with van der Waals surface area (Å²) in [5.74, 6) is -0.638. The molecule has 1 spiro atoms. The van der Waals surface area contributed by atoms with Gasteiger partial charge in [-0.05, 0) is 12.8 Å². The molecule has 2 bridgehead atoms. The van der Waals surface area contributed by atoms with Crippen LogP contribution < -0.4 is 0 Å². The van der Waals surface area contributed by atoms with E-state index in [-0.39, 0.29) is 11.6 Å². The lowest BCUT2D eigenvalue weighted by atomic mass is 9.95. The molecule has 3 rings (SSSR count). The Labute approximate surface area is 99.6 Å². The van der Waals surface area contributed by atoms with Crippen LogP contribution in [0.25, 0.3) is 0 Å². The van der Waals surface area contributed by atoms with Gasteiger partial charge in [-0.3, -0.25) is 0 Å². The molecule has 0 aromatic carbocycles. The molecule has 0 unspecified atom stereocenters. The van der Waals surface area contributed by atoms with Crippen LogP contribution in [0.5, 0.6) is 0 Å². The zero-order chi connectivity index (χ0) is 12.0. The number of rotatable bonds is 1. The van der Waals surface area contributed by atoms with Crippen LogP contribution in [-0.4, -0.2) is 36.4 Å². The van der Waals surface area contributed by atoms with E-state index in [1.165, 1.54) is 7.11 Å². The van der Waals surface area contributed by atoms with Crippen LogP contribution in [0.2, 0.25) is 0 Å². The van der Waals surface area contributed by atoms with Crippen LogP contribution in [0.1, 0.15) is 19.3 Å². The number of fused-ring (bicyclic) bond motifs is 1. The Morgan fingerprint density at radius 1 is 1.76 bits per heavy atom. The molecule has 0 aliphatic carbocycles. The maximum absolute atomic E-state index is 11.7. The number of methoxy groups -OCH3 is 1. The topological polar surface area (TPSA) is 62.6 Å². The molecule has 3 aliphatic heterocycles. The van der Waals surface area contributed by atoms with Gasteiger partial charge in [-0.1, -0.05) is 0 Å². The predicted octanol–water partition coefficient (Wildman–Crippen LogP) is 0.778. The number of hydrogen-bond donors (Lipinski definition) is 0. The highest BCUT2D eigenvalue weighted by atomic mass is 16.6. The number of nitriles is 1. The smallest absolute Gasteiger partial charge is 0.337 e. The number of ether oxygens (including phenoxy) is 2. The average Bonchev–Trinajstić information content (AvgIpc) is 2.90. The Bertz CT molecular complexity index is 440. The van der Waals surface area contributed by atoms with E-state index >= 15 is 0 Å². The fourth-order valence-electron chi connectivity index (χ4n) is 3.14. The number of esters is 1. The normalized spacial score (nSPS) is 38.4. The zero-order valence-electron chi connectivity index (χ0n) is 9.68. The third-order valence-electron chi connectivity index (χ3n) is 3.93. The number of carbonyl (C=O) groups excluding carboxylic acids is 1. The molecule has 0 saturated carbocycles. The van der Waals surface area contributed by atoms with E-state index in [0.29, 0.717) is 12.0 Å². The lowest BCUT2D eigenvalue weighted by molar-refractivity contribution is -0.145. The van der Waals surface area contributed by atoms with E-state index in [2.05, 4.69) is 11.0 Å². The van der Waals surface area contributed by atoms with Crippen molar-refractivity contribution in [2.24, 2.45) is 5.92 Å². The zero-order valence-corrected chi connectivity index (χ0v) is 9.68. The second-order valence-electron chi connectivity index (χ2n) is 4.80. The van der Waals surface area contributed by atoms with E-state index in [4.69, 9.17) is 9.47 Å². The summed E-state index contributed by atoms with van der Waals surface area (Å²) in [6.45, 7) is 0.880. The van der Waals surface area contributed by atoms with Gasteiger partial charge in [0, 0.05) is 19.2 Å². The van der Waals surface area contributed by atoms with Gasteiger partial charge in [0.1, 0.15) is 11.8 Å². The Morgan fingerprint density at radius 2 is 2.59 bits per heavy atom. The molecular weight excluding hydrogens is 220 g/mol. The molecule has 5 nitrogen and oxygen atoms in total. The molecular formula is C12H14N2O3. The number of nitrogens with zero attached hydrogens (tertiary/aromatic N) is 2. The quantitative estimate of drug-likeness (QED) is 0.627. The van der Waals surface area contributed by atoms with Crippen molar-refractivity contribution in [3.8, 4) is 6.07 Å². The first-order valence-electron chi connectivity index (χ1n) is 5.84. The predicted molar refractivity (Wildman–Crippen MR) is 57.4 cm³/mol. The fraction of sp³-hybridized carbons (Fsp3) is 0.667. The molecule has 0 amide bonds. The van der Waals surface area contributed by atoms with Gasteiger partial charge in [-0.25, -0.2) is 4.79 Å². The van der Waals surface area contributed by atoms with Gasteiger partial charge < -0.3 is 14.4 Å². The molecule has 2 fully saturated rings. The molecule has 0 aromatic heterocycles. The van der Waals surface area contributed by atoms with Crippen molar-refractivity contribution in [3.63, 3.8) is 0 Å². The standard InChI is InChI=1S/C12H14N2O3/c1-16-11(15)9-7-14-4-2-3-12(14)5-8(6-13)10(9)17-12/h7-8,10H,2-5H2,1H3/t8-,10+,12-/m1/s1. The first-order valence-corrected chi connectivity index (χ1v) is 5.84. The van der Waals surface area contributed by atoms with Gasteiger partial charge >= 0.3 is 5.97 Å². The van der Waals surface area contributed by atoms with Gasteiger partial charge in [-0.2, -0.15) is 5.26 Å². The van der Waals surface area contributed by atoms with Crippen molar-refractivity contribution in [2.45, 2.75) is 31.1 Å². The average molecular weight is 234 g/mol. The van der Waals surface area contributed by atoms with Crippen molar-refractivity contribution in [3.05, 3.63) is 11.8 Å². The SMILES string of the molecule is COC(=O)C1=CN2CCC[C@@]23C[C@H](C#N)[C@@H]1O3. The molecule has 3 heterocycles. The maximum Gasteiger partial charge on any atom is 0.337 e. The minimum Gasteiger partial charge on any atom is -0.466 e. The van der Waals surface area contributed by atoms with Crippen molar-refractivity contribution in [1.29, 1.82) is 5.26 Å². The van der Waals surface area contributed by atoms with E-state index in [9.17, 15) is 10.1 Å². The summed E-state index contributed by atoms with van der Waals surface area (Å²) in [5, 5.41) is 9.17. The van der Waals surface area contributed by atoms with Crippen LogP contribution in [0.15, 0.2) is 11.8 Å². The van der Waals surface area contributed by atoms with Gasteiger partial charge in [0.2, 0.25) is 0 Å². The van der Waals surface area contributed by atoms with Crippen LogP contribution in [0.4, 0.5) is 0 Å². The Balaban J connectivity index is 2.02. The Hall–Kier alpha value is -1.54. The largest absolute Gasteiger partial charge is 0.466 e. The van der Waals surface area contributed by atoms with Crippen molar-refractivity contribution < 1.29 is 14.3 Å². The molecule has 0 aromatic rings. The molecule has 0 N–H and O–H groups in total. The summed E-state index contributed by atoms with van der Waals surface area (Å²) in [7, 11) is 1.35. The summed E-state index contributed by atoms with van der Waals surface area (Å²) < 4.78 is 10.7. The van der Waals surface area contributed by atoms with Crippen molar-refractivity contribution in [2.75, 3.05) is 13.7 Å². The van der Waals surface area contributed by atoms with Gasteiger partial charge in [0.15, 0.2) is 0 Å². The van der Waals surface area contributed by atoms with E-state index < -0.39 is 12.1 Å². The minimum atomic E-state index is -0.415. The lowest BCUT2D eigenvalue weighted by Gasteiger charge is -2.37.